The van der Waals surface area contributed by atoms with Gasteiger partial charge in [0.25, 0.3) is 0 Å². The molecular formula is C17H25ClFN. The lowest BCUT2D eigenvalue weighted by molar-refractivity contribution is 0.325. The van der Waals surface area contributed by atoms with Crippen molar-refractivity contribution in [3.63, 3.8) is 0 Å². The van der Waals surface area contributed by atoms with Gasteiger partial charge in [0, 0.05) is 6.04 Å². The smallest absolute Gasteiger partial charge is 0.142 e. The molecule has 1 aromatic carbocycles. The molecule has 1 nitrogen and oxygen atoms in total. The molecule has 1 atom stereocenters. The van der Waals surface area contributed by atoms with Crippen LogP contribution in [0.1, 0.15) is 63.5 Å². The number of nitrogens with one attached hydrogen (secondary N) is 1. The molecule has 1 saturated carbocycles. The van der Waals surface area contributed by atoms with Crippen molar-refractivity contribution in [1.82, 2.24) is 5.32 Å². The molecule has 1 fully saturated rings. The molecule has 20 heavy (non-hydrogen) atoms. The zero-order valence-corrected chi connectivity index (χ0v) is 13.1. The third-order valence-corrected chi connectivity index (χ3v) is 4.59. The molecular weight excluding hydrogens is 273 g/mol. The first-order valence-electron chi connectivity index (χ1n) is 7.90. The lowest BCUT2D eigenvalue weighted by atomic mass is 9.87. The van der Waals surface area contributed by atoms with Gasteiger partial charge in [0.2, 0.25) is 0 Å². The van der Waals surface area contributed by atoms with E-state index in [9.17, 15) is 4.39 Å². The van der Waals surface area contributed by atoms with Crippen molar-refractivity contribution in [2.24, 2.45) is 5.92 Å². The van der Waals surface area contributed by atoms with Crippen LogP contribution in [0.15, 0.2) is 18.2 Å². The Morgan fingerprint density at radius 1 is 1.25 bits per heavy atom. The van der Waals surface area contributed by atoms with Crippen LogP contribution in [0, 0.1) is 11.7 Å². The average Bonchev–Trinajstić information content (AvgIpc) is 2.72. The Bertz CT molecular complexity index is 413. The zero-order chi connectivity index (χ0) is 14.4. The summed E-state index contributed by atoms with van der Waals surface area (Å²) in [5, 5.41) is 3.83. The summed E-state index contributed by atoms with van der Waals surface area (Å²) in [4.78, 5) is 0. The van der Waals surface area contributed by atoms with Gasteiger partial charge in [-0.25, -0.2) is 4.39 Å². The molecule has 112 valence electrons. The first-order valence-corrected chi connectivity index (χ1v) is 8.28. The molecule has 0 saturated heterocycles. The second kappa shape index (κ2) is 7.99. The topological polar surface area (TPSA) is 12.0 Å². The second-order valence-electron chi connectivity index (χ2n) is 5.86. The van der Waals surface area contributed by atoms with Crippen LogP contribution >= 0.6 is 11.6 Å². The van der Waals surface area contributed by atoms with Gasteiger partial charge in [-0.2, -0.15) is 0 Å². The summed E-state index contributed by atoms with van der Waals surface area (Å²) in [5.41, 5.74) is 1.05. The SMILES string of the molecule is CCCNC(c1ccc(Cl)c(F)c1)C1CCCCCC1. The molecule has 0 heterocycles. The molecule has 0 spiro atoms. The minimum Gasteiger partial charge on any atom is -0.310 e. The van der Waals surface area contributed by atoms with Crippen LogP contribution in [-0.4, -0.2) is 6.54 Å². The largest absolute Gasteiger partial charge is 0.310 e. The minimum atomic E-state index is -0.305. The number of benzene rings is 1. The monoisotopic (exact) mass is 297 g/mol. The number of rotatable bonds is 5. The predicted octanol–water partition coefficient (Wildman–Crippen LogP) is 5.49. The fourth-order valence-corrected chi connectivity index (χ4v) is 3.32. The van der Waals surface area contributed by atoms with Gasteiger partial charge in [-0.15, -0.1) is 0 Å². The highest BCUT2D eigenvalue weighted by molar-refractivity contribution is 6.30. The van der Waals surface area contributed by atoms with E-state index in [0.717, 1.165) is 18.5 Å². The van der Waals surface area contributed by atoms with Crippen molar-refractivity contribution in [3.05, 3.63) is 34.6 Å². The fraction of sp³-hybridized carbons (Fsp3) is 0.647. The molecule has 3 heteroatoms. The van der Waals surface area contributed by atoms with E-state index in [0.29, 0.717) is 5.92 Å². The highest BCUT2D eigenvalue weighted by Crippen LogP contribution is 2.34. The van der Waals surface area contributed by atoms with E-state index >= 15 is 0 Å². The fourth-order valence-electron chi connectivity index (χ4n) is 3.21. The summed E-state index contributed by atoms with van der Waals surface area (Å²) < 4.78 is 13.7. The summed E-state index contributed by atoms with van der Waals surface area (Å²) in [6.45, 7) is 3.14. The quantitative estimate of drug-likeness (QED) is 0.709. The number of halogens is 2. The number of hydrogen-bond acceptors (Lipinski definition) is 1. The molecule has 1 aliphatic rings. The van der Waals surface area contributed by atoms with Crippen molar-refractivity contribution in [3.8, 4) is 0 Å². The van der Waals surface area contributed by atoms with Crippen molar-refractivity contribution < 1.29 is 4.39 Å². The van der Waals surface area contributed by atoms with E-state index in [1.165, 1.54) is 38.5 Å². The third kappa shape index (κ3) is 4.20. The highest BCUT2D eigenvalue weighted by Gasteiger charge is 2.24. The Morgan fingerprint density at radius 3 is 2.55 bits per heavy atom. The molecule has 1 unspecified atom stereocenters. The van der Waals surface area contributed by atoms with Gasteiger partial charge >= 0.3 is 0 Å². The van der Waals surface area contributed by atoms with Crippen LogP contribution < -0.4 is 5.32 Å². The van der Waals surface area contributed by atoms with E-state index in [1.54, 1.807) is 12.1 Å². The summed E-state index contributed by atoms with van der Waals surface area (Å²) in [6, 6.07) is 5.54. The lowest BCUT2D eigenvalue weighted by Gasteiger charge is -2.28. The Balaban J connectivity index is 2.18. The van der Waals surface area contributed by atoms with Gasteiger partial charge in [-0.05, 0) is 49.4 Å². The van der Waals surface area contributed by atoms with E-state index < -0.39 is 0 Å². The minimum absolute atomic E-state index is 0.212. The van der Waals surface area contributed by atoms with Crippen molar-refractivity contribution in [2.45, 2.75) is 57.9 Å². The summed E-state index contributed by atoms with van der Waals surface area (Å²) in [5.74, 6) is 0.311. The van der Waals surface area contributed by atoms with Crippen LogP contribution in [0.4, 0.5) is 4.39 Å². The van der Waals surface area contributed by atoms with Gasteiger partial charge < -0.3 is 5.32 Å². The molecule has 0 aliphatic heterocycles. The van der Waals surface area contributed by atoms with Gasteiger partial charge in [0.1, 0.15) is 5.82 Å². The standard InChI is InChI=1S/C17H25ClFN/c1-2-11-20-17(13-7-5-3-4-6-8-13)14-9-10-15(18)16(19)12-14/h9-10,12-13,17,20H,2-8,11H2,1H3. The Labute approximate surface area is 126 Å². The maximum absolute atomic E-state index is 13.7. The van der Waals surface area contributed by atoms with Crippen LogP contribution in [0.3, 0.4) is 0 Å². The van der Waals surface area contributed by atoms with Gasteiger partial charge in [-0.1, -0.05) is 50.3 Å². The molecule has 0 amide bonds. The number of hydrogen-bond donors (Lipinski definition) is 1. The molecule has 1 N–H and O–H groups in total. The van der Waals surface area contributed by atoms with E-state index in [1.807, 2.05) is 6.07 Å². The second-order valence-corrected chi connectivity index (χ2v) is 6.26. The van der Waals surface area contributed by atoms with E-state index in [2.05, 4.69) is 12.2 Å². The first kappa shape index (κ1) is 15.8. The average molecular weight is 298 g/mol. The van der Waals surface area contributed by atoms with Crippen LogP contribution in [-0.2, 0) is 0 Å². The van der Waals surface area contributed by atoms with Crippen LogP contribution in [0.25, 0.3) is 0 Å². The summed E-state index contributed by atoms with van der Waals surface area (Å²) in [7, 11) is 0. The molecule has 1 aliphatic carbocycles. The summed E-state index contributed by atoms with van der Waals surface area (Å²) >= 11 is 5.81. The predicted molar refractivity (Wildman–Crippen MR) is 83.6 cm³/mol. The lowest BCUT2D eigenvalue weighted by Crippen LogP contribution is -2.29. The normalized spacial score (nSPS) is 18.8. The van der Waals surface area contributed by atoms with Crippen molar-refractivity contribution in [2.75, 3.05) is 6.54 Å². The zero-order valence-electron chi connectivity index (χ0n) is 12.3. The molecule has 0 bridgehead atoms. The van der Waals surface area contributed by atoms with Gasteiger partial charge in [0.15, 0.2) is 0 Å². The maximum Gasteiger partial charge on any atom is 0.142 e. The maximum atomic E-state index is 13.7. The Morgan fingerprint density at radius 2 is 1.95 bits per heavy atom. The third-order valence-electron chi connectivity index (χ3n) is 4.29. The summed E-state index contributed by atoms with van der Waals surface area (Å²) in [6.07, 6.45) is 8.85. The van der Waals surface area contributed by atoms with Crippen molar-refractivity contribution >= 4 is 11.6 Å². The van der Waals surface area contributed by atoms with Crippen LogP contribution in [0.2, 0.25) is 5.02 Å². The Kier molecular flexibility index (Phi) is 6.31. The van der Waals surface area contributed by atoms with Crippen molar-refractivity contribution in [1.29, 1.82) is 0 Å². The highest BCUT2D eigenvalue weighted by atomic mass is 35.5. The first-order chi connectivity index (χ1) is 9.72. The molecule has 0 radical (unpaired) electrons. The molecule has 2 rings (SSSR count). The van der Waals surface area contributed by atoms with E-state index in [4.69, 9.17) is 11.6 Å². The van der Waals surface area contributed by atoms with Gasteiger partial charge in [-0.3, -0.25) is 0 Å². The van der Waals surface area contributed by atoms with Gasteiger partial charge in [0.05, 0.1) is 5.02 Å². The van der Waals surface area contributed by atoms with E-state index in [-0.39, 0.29) is 16.9 Å². The molecule has 0 aromatic heterocycles. The molecule has 1 aromatic rings. The van der Waals surface area contributed by atoms with Crippen LogP contribution in [0.5, 0.6) is 0 Å². The Hall–Kier alpha value is -0.600.